The number of fused-ring (bicyclic) bond motifs is 1. The molecule has 0 spiro atoms. The predicted octanol–water partition coefficient (Wildman–Crippen LogP) is 2.20. The largest absolute Gasteiger partial charge is 0.396 e. The first-order chi connectivity index (χ1) is 6.43. The van der Waals surface area contributed by atoms with E-state index < -0.39 is 0 Å². The van der Waals surface area contributed by atoms with E-state index in [1.807, 2.05) is 0 Å². The molecule has 0 aromatic carbocycles. The van der Waals surface area contributed by atoms with Crippen molar-refractivity contribution >= 4 is 0 Å². The van der Waals surface area contributed by atoms with Crippen molar-refractivity contribution in [3.63, 3.8) is 0 Å². The molecule has 0 saturated heterocycles. The van der Waals surface area contributed by atoms with Gasteiger partial charge >= 0.3 is 0 Å². The highest BCUT2D eigenvalue weighted by Gasteiger charge is 2.47. The summed E-state index contributed by atoms with van der Waals surface area (Å²) in [5.74, 6) is 9.29. The highest BCUT2D eigenvalue weighted by Crippen LogP contribution is 2.54. The Balaban J connectivity index is 1.79. The van der Waals surface area contributed by atoms with Crippen molar-refractivity contribution in [3.05, 3.63) is 0 Å². The van der Waals surface area contributed by atoms with Gasteiger partial charge in [0.05, 0.1) is 0 Å². The van der Waals surface area contributed by atoms with Crippen molar-refractivity contribution in [3.8, 4) is 11.8 Å². The summed E-state index contributed by atoms with van der Waals surface area (Å²) in [6, 6.07) is 0. The topological polar surface area (TPSA) is 20.2 Å². The van der Waals surface area contributed by atoms with Gasteiger partial charge in [0, 0.05) is 19.4 Å². The molecule has 1 heteroatoms. The molecule has 2 rings (SSSR count). The maximum absolute atomic E-state index is 8.76. The summed E-state index contributed by atoms with van der Waals surface area (Å²) >= 11 is 0. The van der Waals surface area contributed by atoms with E-state index in [1.54, 1.807) is 0 Å². The van der Waals surface area contributed by atoms with Crippen LogP contribution in [0.15, 0.2) is 0 Å². The lowest BCUT2D eigenvalue weighted by atomic mass is 10.1. The molecule has 1 nitrogen and oxygen atoms in total. The van der Waals surface area contributed by atoms with Crippen LogP contribution >= 0.6 is 0 Å². The predicted molar refractivity (Wildman–Crippen MR) is 53.0 cm³/mol. The highest BCUT2D eigenvalue weighted by molar-refractivity contribution is 5.07. The fraction of sp³-hybridized carbons (Fsp3) is 0.833. The fourth-order valence-electron chi connectivity index (χ4n) is 2.79. The van der Waals surface area contributed by atoms with Crippen LogP contribution in [0.3, 0.4) is 0 Å². The van der Waals surface area contributed by atoms with Crippen LogP contribution in [-0.2, 0) is 0 Å². The van der Waals surface area contributed by atoms with Crippen LogP contribution < -0.4 is 0 Å². The zero-order valence-corrected chi connectivity index (χ0v) is 8.13. The monoisotopic (exact) mass is 178 g/mol. The molecule has 0 aromatic heterocycles. The molecule has 72 valence electrons. The zero-order valence-electron chi connectivity index (χ0n) is 8.13. The number of aliphatic hydroxyl groups is 1. The molecule has 0 radical (unpaired) electrons. The van der Waals surface area contributed by atoms with Crippen molar-refractivity contribution in [1.82, 2.24) is 0 Å². The lowest BCUT2D eigenvalue weighted by Crippen LogP contribution is -1.87. The summed E-state index contributed by atoms with van der Waals surface area (Å²) in [6.07, 6.45) is 7.08. The number of rotatable bonds is 3. The van der Waals surface area contributed by atoms with Crippen LogP contribution in [0.5, 0.6) is 0 Å². The molecule has 0 aromatic rings. The SMILES string of the molecule is OCCCC1C2CCC#CCCC21. The minimum absolute atomic E-state index is 0.367. The average Bonchev–Trinajstić information content (AvgIpc) is 2.72. The van der Waals surface area contributed by atoms with E-state index in [1.165, 1.54) is 19.3 Å². The van der Waals surface area contributed by atoms with Crippen molar-refractivity contribution in [1.29, 1.82) is 0 Å². The Morgan fingerprint density at radius 1 is 1.08 bits per heavy atom. The lowest BCUT2D eigenvalue weighted by Gasteiger charge is -1.96. The Hall–Kier alpha value is -0.480. The molecular weight excluding hydrogens is 160 g/mol. The molecule has 1 fully saturated rings. The van der Waals surface area contributed by atoms with Gasteiger partial charge in [-0.1, -0.05) is 0 Å². The molecule has 1 N–H and O–H groups in total. The lowest BCUT2D eigenvalue weighted by molar-refractivity contribution is 0.279. The van der Waals surface area contributed by atoms with Crippen LogP contribution in [0.2, 0.25) is 0 Å². The third-order valence-electron chi connectivity index (χ3n) is 3.53. The number of aliphatic hydroxyl groups excluding tert-OH is 1. The molecule has 1 saturated carbocycles. The van der Waals surface area contributed by atoms with E-state index in [2.05, 4.69) is 11.8 Å². The smallest absolute Gasteiger partial charge is 0.0431 e. The zero-order chi connectivity index (χ0) is 9.10. The standard InChI is InChI=1S/C12H18O/c13-9-5-8-12-10-6-3-1-2-4-7-11(10)12/h10-13H,3-9H2. The third kappa shape index (κ3) is 2.06. The molecule has 2 aliphatic carbocycles. The van der Waals surface area contributed by atoms with Crippen molar-refractivity contribution in [2.45, 2.75) is 38.5 Å². The van der Waals surface area contributed by atoms with Gasteiger partial charge in [0.2, 0.25) is 0 Å². The molecule has 2 unspecified atom stereocenters. The van der Waals surface area contributed by atoms with Gasteiger partial charge < -0.3 is 5.11 Å². The second kappa shape index (κ2) is 4.15. The third-order valence-corrected chi connectivity index (χ3v) is 3.53. The van der Waals surface area contributed by atoms with Crippen molar-refractivity contribution in [2.24, 2.45) is 17.8 Å². The second-order valence-corrected chi connectivity index (χ2v) is 4.29. The van der Waals surface area contributed by atoms with E-state index in [0.717, 1.165) is 37.0 Å². The summed E-state index contributed by atoms with van der Waals surface area (Å²) < 4.78 is 0. The van der Waals surface area contributed by atoms with Crippen LogP contribution in [-0.4, -0.2) is 11.7 Å². The van der Waals surface area contributed by atoms with E-state index in [-0.39, 0.29) is 0 Å². The minimum atomic E-state index is 0.367. The molecule has 0 aliphatic heterocycles. The Kier molecular flexibility index (Phi) is 2.90. The van der Waals surface area contributed by atoms with Gasteiger partial charge in [-0.2, -0.15) is 0 Å². The van der Waals surface area contributed by atoms with E-state index in [0.29, 0.717) is 6.61 Å². The summed E-state index contributed by atoms with van der Waals surface area (Å²) in [5, 5.41) is 8.76. The molecule has 13 heavy (non-hydrogen) atoms. The summed E-state index contributed by atoms with van der Waals surface area (Å²) in [5.41, 5.74) is 0. The quantitative estimate of drug-likeness (QED) is 0.657. The first kappa shape index (κ1) is 9.09. The van der Waals surface area contributed by atoms with E-state index in [9.17, 15) is 0 Å². The normalized spacial score (nSPS) is 36.5. The van der Waals surface area contributed by atoms with E-state index >= 15 is 0 Å². The van der Waals surface area contributed by atoms with Crippen LogP contribution in [0.25, 0.3) is 0 Å². The van der Waals surface area contributed by atoms with Gasteiger partial charge in [-0.3, -0.25) is 0 Å². The second-order valence-electron chi connectivity index (χ2n) is 4.29. The van der Waals surface area contributed by atoms with Crippen LogP contribution in [0.1, 0.15) is 38.5 Å². The Morgan fingerprint density at radius 3 is 2.23 bits per heavy atom. The minimum Gasteiger partial charge on any atom is -0.396 e. The van der Waals surface area contributed by atoms with Crippen LogP contribution in [0.4, 0.5) is 0 Å². The molecule has 2 aliphatic rings. The van der Waals surface area contributed by atoms with Gasteiger partial charge in [-0.25, -0.2) is 0 Å². The van der Waals surface area contributed by atoms with Gasteiger partial charge in [-0.05, 0) is 43.4 Å². The first-order valence-electron chi connectivity index (χ1n) is 5.50. The fourth-order valence-corrected chi connectivity index (χ4v) is 2.79. The number of hydrogen-bond donors (Lipinski definition) is 1. The molecule has 2 atom stereocenters. The van der Waals surface area contributed by atoms with Gasteiger partial charge in [0.1, 0.15) is 0 Å². The Morgan fingerprint density at radius 2 is 1.69 bits per heavy atom. The van der Waals surface area contributed by atoms with Gasteiger partial charge in [0.15, 0.2) is 0 Å². The highest BCUT2D eigenvalue weighted by atomic mass is 16.2. The first-order valence-corrected chi connectivity index (χ1v) is 5.50. The summed E-state index contributed by atoms with van der Waals surface area (Å²) in [7, 11) is 0. The number of hydrogen-bond acceptors (Lipinski definition) is 1. The Bertz CT molecular complexity index is 205. The molecule has 0 heterocycles. The average molecular weight is 178 g/mol. The Labute approximate surface area is 80.5 Å². The maximum Gasteiger partial charge on any atom is 0.0431 e. The van der Waals surface area contributed by atoms with Crippen molar-refractivity contribution < 1.29 is 5.11 Å². The maximum atomic E-state index is 8.76. The van der Waals surface area contributed by atoms with Crippen LogP contribution in [0, 0.1) is 29.6 Å². The van der Waals surface area contributed by atoms with Gasteiger partial charge in [0.25, 0.3) is 0 Å². The summed E-state index contributed by atoms with van der Waals surface area (Å²) in [4.78, 5) is 0. The van der Waals surface area contributed by atoms with Crippen molar-refractivity contribution in [2.75, 3.05) is 6.61 Å². The molecular formula is C12H18O. The molecule has 0 bridgehead atoms. The van der Waals surface area contributed by atoms with E-state index in [4.69, 9.17) is 5.11 Å². The summed E-state index contributed by atoms with van der Waals surface area (Å²) in [6.45, 7) is 0.367. The molecule has 0 amide bonds. The van der Waals surface area contributed by atoms with Gasteiger partial charge in [-0.15, -0.1) is 11.8 Å².